The first-order chi connectivity index (χ1) is 10.2. The van der Waals surface area contributed by atoms with Crippen LogP contribution in [0.2, 0.25) is 0 Å². The van der Waals surface area contributed by atoms with Crippen LogP contribution in [-0.4, -0.2) is 15.5 Å². The maximum atomic E-state index is 12.1. The molecule has 0 fully saturated rings. The van der Waals surface area contributed by atoms with Crippen LogP contribution in [0.3, 0.4) is 0 Å². The van der Waals surface area contributed by atoms with E-state index in [1.807, 2.05) is 60.2 Å². The molecule has 21 heavy (non-hydrogen) atoms. The highest BCUT2D eigenvalue weighted by molar-refractivity contribution is 6.04. The molecule has 0 atom stereocenters. The largest absolute Gasteiger partial charge is 0.322 e. The fourth-order valence-electron chi connectivity index (χ4n) is 2.15. The molecule has 0 bridgehead atoms. The van der Waals surface area contributed by atoms with E-state index in [0.717, 1.165) is 17.2 Å². The maximum Gasteiger partial charge on any atom is 0.255 e. The van der Waals surface area contributed by atoms with E-state index in [-0.39, 0.29) is 5.91 Å². The van der Waals surface area contributed by atoms with Crippen LogP contribution >= 0.6 is 0 Å². The second-order valence-corrected chi connectivity index (χ2v) is 4.71. The summed E-state index contributed by atoms with van der Waals surface area (Å²) in [6.45, 7) is 1.95. The molecular weight excluding hydrogens is 262 g/mol. The zero-order valence-electron chi connectivity index (χ0n) is 11.7. The first-order valence-corrected chi connectivity index (χ1v) is 6.71. The molecular formula is C17H15N3O. The summed E-state index contributed by atoms with van der Waals surface area (Å²) in [6.07, 6.45) is 3.67. The number of aryl methyl sites for hydroxylation is 1. The van der Waals surface area contributed by atoms with Crippen molar-refractivity contribution in [3.8, 4) is 5.69 Å². The number of amides is 1. The number of nitrogens with one attached hydrogen (secondary N) is 1. The number of rotatable bonds is 3. The van der Waals surface area contributed by atoms with Crippen molar-refractivity contribution >= 4 is 11.6 Å². The van der Waals surface area contributed by atoms with E-state index in [9.17, 15) is 4.79 Å². The van der Waals surface area contributed by atoms with Crippen molar-refractivity contribution in [2.45, 2.75) is 6.92 Å². The topological polar surface area (TPSA) is 46.9 Å². The Morgan fingerprint density at radius 3 is 2.38 bits per heavy atom. The van der Waals surface area contributed by atoms with Crippen LogP contribution in [0.5, 0.6) is 0 Å². The van der Waals surface area contributed by atoms with Crippen molar-refractivity contribution in [3.05, 3.63) is 78.4 Å². The van der Waals surface area contributed by atoms with Crippen molar-refractivity contribution in [3.63, 3.8) is 0 Å². The lowest BCUT2D eigenvalue weighted by Crippen LogP contribution is -2.11. The van der Waals surface area contributed by atoms with Gasteiger partial charge in [-0.25, -0.2) is 4.98 Å². The van der Waals surface area contributed by atoms with Gasteiger partial charge in [0, 0.05) is 29.3 Å². The Morgan fingerprint density at radius 1 is 1.05 bits per heavy atom. The predicted molar refractivity (Wildman–Crippen MR) is 82.7 cm³/mol. The smallest absolute Gasteiger partial charge is 0.255 e. The summed E-state index contributed by atoms with van der Waals surface area (Å²) in [6, 6.07) is 16.8. The Hall–Kier alpha value is -2.88. The molecule has 1 heterocycles. The van der Waals surface area contributed by atoms with E-state index in [2.05, 4.69) is 10.3 Å². The number of nitrogens with zero attached hydrogens (tertiary/aromatic N) is 2. The number of benzene rings is 2. The highest BCUT2D eigenvalue weighted by Gasteiger charge is 2.05. The summed E-state index contributed by atoms with van der Waals surface area (Å²) in [5.41, 5.74) is 2.43. The van der Waals surface area contributed by atoms with E-state index in [1.165, 1.54) is 0 Å². The van der Waals surface area contributed by atoms with Crippen molar-refractivity contribution in [2.24, 2.45) is 0 Å². The first kappa shape index (κ1) is 13.1. The monoisotopic (exact) mass is 277 g/mol. The third-order valence-corrected chi connectivity index (χ3v) is 3.27. The third-order valence-electron chi connectivity index (χ3n) is 3.27. The zero-order chi connectivity index (χ0) is 14.7. The van der Waals surface area contributed by atoms with E-state index >= 15 is 0 Å². The van der Waals surface area contributed by atoms with Gasteiger partial charge in [-0.15, -0.1) is 0 Å². The lowest BCUT2D eigenvalue weighted by molar-refractivity contribution is 0.102. The van der Waals surface area contributed by atoms with E-state index in [4.69, 9.17) is 0 Å². The van der Waals surface area contributed by atoms with Crippen molar-refractivity contribution in [1.29, 1.82) is 0 Å². The van der Waals surface area contributed by atoms with Gasteiger partial charge >= 0.3 is 0 Å². The number of carbonyl (C=O) groups excluding carboxylic acids is 1. The fourth-order valence-corrected chi connectivity index (χ4v) is 2.15. The molecule has 0 spiro atoms. The molecule has 0 saturated carbocycles. The van der Waals surface area contributed by atoms with Crippen molar-refractivity contribution < 1.29 is 4.79 Å². The van der Waals surface area contributed by atoms with E-state index in [0.29, 0.717) is 5.56 Å². The van der Waals surface area contributed by atoms with Crippen molar-refractivity contribution in [1.82, 2.24) is 9.55 Å². The van der Waals surface area contributed by atoms with Crippen LogP contribution in [0.1, 0.15) is 16.2 Å². The van der Waals surface area contributed by atoms with Gasteiger partial charge in [-0.3, -0.25) is 4.79 Å². The minimum absolute atomic E-state index is 0.109. The molecule has 4 nitrogen and oxygen atoms in total. The SMILES string of the molecule is Cc1nccn1-c1ccc(NC(=O)c2ccccc2)cc1. The van der Waals surface area contributed by atoms with Gasteiger partial charge < -0.3 is 9.88 Å². The van der Waals surface area contributed by atoms with Crippen LogP contribution in [0.15, 0.2) is 67.0 Å². The Balaban J connectivity index is 1.76. The molecule has 2 aromatic carbocycles. The first-order valence-electron chi connectivity index (χ1n) is 6.71. The molecule has 0 aliphatic carbocycles. The van der Waals surface area contributed by atoms with E-state index in [1.54, 1.807) is 18.3 Å². The second-order valence-electron chi connectivity index (χ2n) is 4.71. The van der Waals surface area contributed by atoms with Gasteiger partial charge in [0.15, 0.2) is 0 Å². The molecule has 1 aromatic heterocycles. The molecule has 0 unspecified atom stereocenters. The Morgan fingerprint density at radius 2 is 1.76 bits per heavy atom. The molecule has 4 heteroatoms. The fraction of sp³-hybridized carbons (Fsp3) is 0.0588. The third kappa shape index (κ3) is 2.84. The molecule has 3 aromatic rings. The summed E-state index contributed by atoms with van der Waals surface area (Å²) in [7, 11) is 0. The number of anilines is 1. The van der Waals surface area contributed by atoms with Gasteiger partial charge in [0.05, 0.1) is 0 Å². The number of hydrogen-bond donors (Lipinski definition) is 1. The van der Waals surface area contributed by atoms with Gasteiger partial charge in [-0.05, 0) is 43.3 Å². The summed E-state index contributed by atoms with van der Waals surface area (Å²) in [5.74, 6) is 0.818. The van der Waals surface area contributed by atoms with Gasteiger partial charge in [-0.1, -0.05) is 18.2 Å². The quantitative estimate of drug-likeness (QED) is 0.797. The van der Waals surface area contributed by atoms with Crippen LogP contribution in [0.4, 0.5) is 5.69 Å². The lowest BCUT2D eigenvalue weighted by atomic mass is 10.2. The molecule has 0 saturated heterocycles. The Labute approximate surface area is 123 Å². The minimum Gasteiger partial charge on any atom is -0.322 e. The van der Waals surface area contributed by atoms with Crippen molar-refractivity contribution in [2.75, 3.05) is 5.32 Å². The second kappa shape index (κ2) is 5.63. The van der Waals surface area contributed by atoms with Crippen LogP contribution < -0.4 is 5.32 Å². The van der Waals surface area contributed by atoms with Crippen LogP contribution in [-0.2, 0) is 0 Å². The molecule has 0 aliphatic heterocycles. The molecule has 0 radical (unpaired) electrons. The minimum atomic E-state index is -0.109. The van der Waals surface area contributed by atoms with Gasteiger partial charge in [0.2, 0.25) is 0 Å². The highest BCUT2D eigenvalue weighted by atomic mass is 16.1. The van der Waals surface area contributed by atoms with Gasteiger partial charge in [0.25, 0.3) is 5.91 Å². The Bertz CT molecular complexity index is 745. The Kier molecular flexibility index (Phi) is 3.51. The zero-order valence-corrected chi connectivity index (χ0v) is 11.7. The van der Waals surface area contributed by atoms with Crippen LogP contribution in [0.25, 0.3) is 5.69 Å². The normalized spacial score (nSPS) is 10.3. The summed E-state index contributed by atoms with van der Waals surface area (Å²) < 4.78 is 1.99. The number of hydrogen-bond acceptors (Lipinski definition) is 2. The average molecular weight is 277 g/mol. The number of carbonyl (C=O) groups is 1. The average Bonchev–Trinajstić information content (AvgIpc) is 2.95. The lowest BCUT2D eigenvalue weighted by Gasteiger charge is -2.08. The summed E-state index contributed by atoms with van der Waals surface area (Å²) in [5, 5.41) is 2.88. The molecule has 1 N–H and O–H groups in total. The van der Waals surface area contributed by atoms with Crippen LogP contribution in [0, 0.1) is 6.92 Å². The summed E-state index contributed by atoms with van der Waals surface area (Å²) in [4.78, 5) is 16.3. The predicted octanol–water partition coefficient (Wildman–Crippen LogP) is 3.43. The van der Waals surface area contributed by atoms with Gasteiger partial charge in [0.1, 0.15) is 5.82 Å². The highest BCUT2D eigenvalue weighted by Crippen LogP contribution is 2.15. The standard InChI is InChI=1S/C17H15N3O/c1-13-18-11-12-20(13)16-9-7-15(8-10-16)19-17(21)14-5-3-2-4-6-14/h2-12H,1H3,(H,19,21). The van der Waals surface area contributed by atoms with E-state index < -0.39 is 0 Å². The molecule has 104 valence electrons. The number of aromatic nitrogens is 2. The number of imidazole rings is 1. The molecule has 0 aliphatic rings. The summed E-state index contributed by atoms with van der Waals surface area (Å²) >= 11 is 0. The molecule has 3 rings (SSSR count). The van der Waals surface area contributed by atoms with Gasteiger partial charge in [-0.2, -0.15) is 0 Å². The maximum absolute atomic E-state index is 12.1. The molecule has 1 amide bonds.